The average molecular weight is 381 g/mol. The molecule has 1 saturated heterocycles. The van der Waals surface area contributed by atoms with Gasteiger partial charge >= 0.3 is 0 Å². The van der Waals surface area contributed by atoms with Gasteiger partial charge in [0, 0.05) is 49.1 Å². The van der Waals surface area contributed by atoms with Crippen LogP contribution in [-0.2, 0) is 17.8 Å². The predicted molar refractivity (Wildman–Crippen MR) is 107 cm³/mol. The maximum Gasteiger partial charge on any atom is 0.242 e. The van der Waals surface area contributed by atoms with Crippen LogP contribution in [0, 0.1) is 5.92 Å². The number of thioether (sulfide) groups is 1. The molecule has 0 spiro atoms. The Morgan fingerprint density at radius 1 is 1.40 bits per heavy atom. The summed E-state index contributed by atoms with van der Waals surface area (Å²) in [6, 6.07) is 2.14. The molecule has 7 heteroatoms. The van der Waals surface area contributed by atoms with Gasteiger partial charge in [0.05, 0.1) is 6.54 Å². The molecule has 25 heavy (non-hydrogen) atoms. The number of hydrogen-bond acceptors (Lipinski definition) is 4. The molecule has 0 radical (unpaired) electrons. The molecule has 3 rings (SSSR count). The lowest BCUT2D eigenvalue weighted by Gasteiger charge is -2.36. The molecule has 1 aromatic rings. The van der Waals surface area contributed by atoms with Crippen molar-refractivity contribution in [1.29, 1.82) is 0 Å². The first-order valence-electron chi connectivity index (χ1n) is 8.98. The van der Waals surface area contributed by atoms with Crippen LogP contribution in [-0.4, -0.2) is 65.9 Å². The summed E-state index contributed by atoms with van der Waals surface area (Å²) < 4.78 is 0. The molecule has 0 saturated carbocycles. The van der Waals surface area contributed by atoms with Crippen LogP contribution in [0.1, 0.15) is 24.3 Å². The SMILES string of the molecule is CN=C(NCC(=O)N1CCc2sccc2C1)N1CCSC(C(C)C)C1. The van der Waals surface area contributed by atoms with Crippen molar-refractivity contribution < 1.29 is 4.79 Å². The number of rotatable bonds is 3. The summed E-state index contributed by atoms with van der Waals surface area (Å²) in [6.07, 6.45) is 0.979. The number of nitrogens with zero attached hydrogens (tertiary/aromatic N) is 3. The Morgan fingerprint density at radius 2 is 2.24 bits per heavy atom. The minimum atomic E-state index is 0.157. The van der Waals surface area contributed by atoms with Gasteiger partial charge in [0.15, 0.2) is 5.96 Å². The van der Waals surface area contributed by atoms with Crippen molar-refractivity contribution in [3.05, 3.63) is 21.9 Å². The second-order valence-electron chi connectivity index (χ2n) is 6.93. The Bertz CT molecular complexity index is 628. The first kappa shape index (κ1) is 18.6. The van der Waals surface area contributed by atoms with Crippen LogP contribution in [0.5, 0.6) is 0 Å². The largest absolute Gasteiger partial charge is 0.347 e. The molecule has 5 nitrogen and oxygen atoms in total. The Kier molecular flexibility index (Phi) is 6.28. The van der Waals surface area contributed by atoms with Crippen LogP contribution in [0.3, 0.4) is 0 Å². The standard InChI is InChI=1S/C18H28N4OS2/c1-13(2)16-12-22(7-9-25-16)18(19-3)20-10-17(23)21-6-4-15-14(11-21)5-8-24-15/h5,8,13,16H,4,6-7,9-12H2,1-3H3,(H,19,20). The molecule has 2 aliphatic rings. The zero-order chi connectivity index (χ0) is 17.8. The normalized spacial score (nSPS) is 21.4. The minimum Gasteiger partial charge on any atom is -0.347 e. The van der Waals surface area contributed by atoms with Gasteiger partial charge in [-0.1, -0.05) is 13.8 Å². The van der Waals surface area contributed by atoms with Crippen LogP contribution in [0.25, 0.3) is 0 Å². The molecule has 138 valence electrons. The molecule has 0 bridgehead atoms. The van der Waals surface area contributed by atoms with Crippen LogP contribution in [0.15, 0.2) is 16.4 Å². The number of nitrogens with one attached hydrogen (secondary N) is 1. The number of guanidine groups is 1. The zero-order valence-electron chi connectivity index (χ0n) is 15.3. The smallest absolute Gasteiger partial charge is 0.242 e. The van der Waals surface area contributed by atoms with Gasteiger partial charge in [0.25, 0.3) is 0 Å². The van der Waals surface area contributed by atoms with Crippen molar-refractivity contribution in [1.82, 2.24) is 15.1 Å². The summed E-state index contributed by atoms with van der Waals surface area (Å²) in [6.45, 7) is 8.42. The highest BCUT2D eigenvalue weighted by molar-refractivity contribution is 8.00. The number of fused-ring (bicyclic) bond motifs is 1. The fourth-order valence-electron chi connectivity index (χ4n) is 3.33. The third-order valence-electron chi connectivity index (χ3n) is 4.91. The van der Waals surface area contributed by atoms with E-state index in [1.165, 1.54) is 10.4 Å². The topological polar surface area (TPSA) is 47.9 Å². The van der Waals surface area contributed by atoms with Crippen molar-refractivity contribution in [3.8, 4) is 0 Å². The van der Waals surface area contributed by atoms with Crippen molar-refractivity contribution in [2.75, 3.05) is 39.0 Å². The number of hydrogen-bond donors (Lipinski definition) is 1. The Balaban J connectivity index is 1.52. The number of aliphatic imine (C=N–C) groups is 1. The fourth-order valence-corrected chi connectivity index (χ4v) is 5.52. The molecule has 1 fully saturated rings. The number of thiophene rings is 1. The number of amides is 1. The summed E-state index contributed by atoms with van der Waals surface area (Å²) in [5.41, 5.74) is 1.31. The average Bonchev–Trinajstić information content (AvgIpc) is 3.10. The fraction of sp³-hybridized carbons (Fsp3) is 0.667. The van der Waals surface area contributed by atoms with Gasteiger partial charge in [-0.2, -0.15) is 11.8 Å². The number of carbonyl (C=O) groups excluding carboxylic acids is 1. The molecule has 2 aliphatic heterocycles. The van der Waals surface area contributed by atoms with Gasteiger partial charge in [0.2, 0.25) is 5.91 Å². The quantitative estimate of drug-likeness (QED) is 0.646. The first-order chi connectivity index (χ1) is 12.1. The summed E-state index contributed by atoms with van der Waals surface area (Å²) in [5, 5.41) is 6.04. The highest BCUT2D eigenvalue weighted by atomic mass is 32.2. The van der Waals surface area contributed by atoms with Gasteiger partial charge < -0.3 is 15.1 Å². The lowest BCUT2D eigenvalue weighted by molar-refractivity contribution is -0.130. The highest BCUT2D eigenvalue weighted by Crippen LogP contribution is 2.25. The second kappa shape index (κ2) is 8.45. The molecule has 1 aromatic heterocycles. The van der Waals surface area contributed by atoms with E-state index >= 15 is 0 Å². The van der Waals surface area contributed by atoms with Crippen LogP contribution < -0.4 is 5.32 Å². The van der Waals surface area contributed by atoms with Gasteiger partial charge in [-0.25, -0.2) is 0 Å². The van der Waals surface area contributed by atoms with Crippen LogP contribution in [0.4, 0.5) is 0 Å². The van der Waals surface area contributed by atoms with Crippen molar-refractivity contribution in [2.24, 2.45) is 10.9 Å². The third kappa shape index (κ3) is 4.50. The van der Waals surface area contributed by atoms with E-state index in [1.54, 1.807) is 18.4 Å². The van der Waals surface area contributed by atoms with E-state index in [-0.39, 0.29) is 5.91 Å². The maximum absolute atomic E-state index is 12.6. The van der Waals surface area contributed by atoms with E-state index in [4.69, 9.17) is 0 Å². The molecule has 1 amide bonds. The van der Waals surface area contributed by atoms with Crippen LogP contribution in [0.2, 0.25) is 0 Å². The van der Waals surface area contributed by atoms with Gasteiger partial charge in [0.1, 0.15) is 0 Å². The molecule has 1 N–H and O–H groups in total. The summed E-state index contributed by atoms with van der Waals surface area (Å²) in [4.78, 5) is 22.7. The van der Waals surface area contributed by atoms with Crippen molar-refractivity contribution in [2.45, 2.75) is 32.1 Å². The Morgan fingerprint density at radius 3 is 3.00 bits per heavy atom. The summed E-state index contributed by atoms with van der Waals surface area (Å²) in [5.74, 6) is 2.78. The Hall–Kier alpha value is -1.21. The molecular weight excluding hydrogens is 352 g/mol. The van der Waals surface area contributed by atoms with Gasteiger partial charge in [-0.3, -0.25) is 9.79 Å². The first-order valence-corrected chi connectivity index (χ1v) is 10.9. The van der Waals surface area contributed by atoms with Gasteiger partial charge in [-0.15, -0.1) is 11.3 Å². The minimum absolute atomic E-state index is 0.157. The molecule has 0 aromatic carbocycles. The molecule has 1 atom stereocenters. The monoisotopic (exact) mass is 380 g/mol. The summed E-state index contributed by atoms with van der Waals surface area (Å²) in [7, 11) is 1.80. The maximum atomic E-state index is 12.6. The van der Waals surface area contributed by atoms with E-state index in [0.29, 0.717) is 17.7 Å². The molecule has 0 aliphatic carbocycles. The third-order valence-corrected chi connectivity index (χ3v) is 7.47. The lowest BCUT2D eigenvalue weighted by Crippen LogP contribution is -2.51. The van der Waals surface area contributed by atoms with Gasteiger partial charge in [-0.05, 0) is 29.3 Å². The van der Waals surface area contributed by atoms with Crippen molar-refractivity contribution in [3.63, 3.8) is 0 Å². The van der Waals surface area contributed by atoms with E-state index in [0.717, 1.165) is 44.3 Å². The van der Waals surface area contributed by atoms with E-state index in [2.05, 4.69) is 40.5 Å². The zero-order valence-corrected chi connectivity index (χ0v) is 17.0. The lowest BCUT2D eigenvalue weighted by atomic mass is 10.1. The summed E-state index contributed by atoms with van der Waals surface area (Å²) >= 11 is 3.85. The Labute approximate surface area is 158 Å². The molecule has 3 heterocycles. The predicted octanol–water partition coefficient (Wildman–Crippen LogP) is 2.28. The van der Waals surface area contributed by atoms with Crippen LogP contribution >= 0.6 is 23.1 Å². The highest BCUT2D eigenvalue weighted by Gasteiger charge is 2.26. The number of carbonyl (C=O) groups is 1. The van der Waals surface area contributed by atoms with Crippen molar-refractivity contribution >= 4 is 35.0 Å². The molecule has 1 unspecified atom stereocenters. The molecular formula is C18H28N4OS2. The van der Waals surface area contributed by atoms with E-state index in [9.17, 15) is 4.79 Å². The second-order valence-corrected chi connectivity index (χ2v) is 9.28. The van der Waals surface area contributed by atoms with E-state index < -0.39 is 0 Å². The van der Waals surface area contributed by atoms with E-state index in [1.807, 2.05) is 16.7 Å².